The summed E-state index contributed by atoms with van der Waals surface area (Å²) in [5.41, 5.74) is 1.69. The summed E-state index contributed by atoms with van der Waals surface area (Å²) in [6, 6.07) is 15.0. The van der Waals surface area contributed by atoms with E-state index in [4.69, 9.17) is 16.3 Å². The highest BCUT2D eigenvalue weighted by Gasteiger charge is 2.13. The molecule has 0 radical (unpaired) electrons. The van der Waals surface area contributed by atoms with Crippen LogP contribution in [0.4, 0.5) is 0 Å². The first kappa shape index (κ1) is 23.5. The number of rotatable bonds is 9. The van der Waals surface area contributed by atoms with Crippen molar-refractivity contribution in [1.29, 1.82) is 5.26 Å². The Morgan fingerprint density at radius 1 is 1.27 bits per heavy atom. The summed E-state index contributed by atoms with van der Waals surface area (Å²) >= 11 is 9.53. The van der Waals surface area contributed by atoms with Crippen molar-refractivity contribution in [3.05, 3.63) is 68.7 Å². The van der Waals surface area contributed by atoms with Crippen LogP contribution < -0.4 is 10.1 Å². The van der Waals surface area contributed by atoms with E-state index < -0.39 is 11.9 Å². The molecule has 0 saturated carbocycles. The van der Waals surface area contributed by atoms with Crippen molar-refractivity contribution in [3.8, 4) is 11.8 Å². The van der Waals surface area contributed by atoms with Crippen LogP contribution in [0.25, 0.3) is 6.08 Å². The van der Waals surface area contributed by atoms with Crippen LogP contribution in [-0.4, -0.2) is 32.1 Å². The second-order valence-corrected chi connectivity index (χ2v) is 7.45. The van der Waals surface area contributed by atoms with Gasteiger partial charge in [-0.3, -0.25) is 4.79 Å². The largest absolute Gasteiger partial charge is 0.479 e. The number of ether oxygens (including phenoxy) is 2. The normalized spacial score (nSPS) is 10.8. The average molecular weight is 492 g/mol. The molecule has 0 aromatic heterocycles. The van der Waals surface area contributed by atoms with Gasteiger partial charge in [-0.25, -0.2) is 4.79 Å². The Labute approximate surface area is 188 Å². The fourth-order valence-electron chi connectivity index (χ4n) is 2.54. The molecule has 2 aromatic carbocycles. The molecule has 0 atom stereocenters. The van der Waals surface area contributed by atoms with Crippen LogP contribution in [0.5, 0.6) is 5.75 Å². The number of carbonyl (C=O) groups excluding carboxylic acids is 2. The topological polar surface area (TPSA) is 88.4 Å². The fraction of sp³-hybridized carbons (Fsp3) is 0.227. The zero-order valence-corrected chi connectivity index (χ0v) is 18.6. The minimum atomic E-state index is -0.544. The van der Waals surface area contributed by atoms with Crippen molar-refractivity contribution in [2.24, 2.45) is 0 Å². The molecule has 2 aromatic rings. The van der Waals surface area contributed by atoms with Crippen molar-refractivity contribution in [2.75, 3.05) is 20.3 Å². The highest BCUT2D eigenvalue weighted by atomic mass is 79.9. The molecule has 1 N–H and O–H groups in total. The monoisotopic (exact) mass is 490 g/mol. The highest BCUT2D eigenvalue weighted by Crippen LogP contribution is 2.35. The van der Waals surface area contributed by atoms with E-state index in [0.717, 1.165) is 12.8 Å². The van der Waals surface area contributed by atoms with Crippen LogP contribution in [0.1, 0.15) is 17.5 Å². The van der Waals surface area contributed by atoms with Gasteiger partial charge in [0.1, 0.15) is 11.6 Å². The van der Waals surface area contributed by atoms with Crippen molar-refractivity contribution in [2.45, 2.75) is 12.8 Å². The predicted molar refractivity (Wildman–Crippen MR) is 118 cm³/mol. The van der Waals surface area contributed by atoms with Gasteiger partial charge >= 0.3 is 5.97 Å². The molecule has 0 fully saturated rings. The zero-order valence-electron chi connectivity index (χ0n) is 16.3. The number of esters is 1. The van der Waals surface area contributed by atoms with Gasteiger partial charge in [0.25, 0.3) is 5.91 Å². The number of halogens is 2. The Balaban J connectivity index is 1.99. The van der Waals surface area contributed by atoms with E-state index >= 15 is 0 Å². The third-order valence-electron chi connectivity index (χ3n) is 4.03. The van der Waals surface area contributed by atoms with Crippen molar-refractivity contribution in [3.63, 3.8) is 0 Å². The highest BCUT2D eigenvalue weighted by molar-refractivity contribution is 9.10. The SMILES string of the molecule is COC(=O)COc1c(Cl)cc(/C=C(/C#N)C(=O)NCCCc2ccccc2)cc1Br. The van der Waals surface area contributed by atoms with E-state index in [1.165, 1.54) is 18.7 Å². The number of carbonyl (C=O) groups is 2. The lowest BCUT2D eigenvalue weighted by molar-refractivity contribution is -0.142. The van der Waals surface area contributed by atoms with E-state index in [9.17, 15) is 14.9 Å². The number of amides is 1. The molecule has 0 heterocycles. The van der Waals surface area contributed by atoms with Crippen molar-refractivity contribution >= 4 is 45.5 Å². The maximum Gasteiger partial charge on any atom is 0.343 e. The summed E-state index contributed by atoms with van der Waals surface area (Å²) in [6.45, 7) is 0.163. The first-order chi connectivity index (χ1) is 14.4. The van der Waals surface area contributed by atoms with E-state index in [1.54, 1.807) is 12.1 Å². The van der Waals surface area contributed by atoms with Crippen molar-refractivity contribution < 1.29 is 19.1 Å². The molecule has 30 heavy (non-hydrogen) atoms. The second kappa shape index (κ2) is 12.0. The van der Waals surface area contributed by atoms with Crippen molar-refractivity contribution in [1.82, 2.24) is 5.32 Å². The first-order valence-corrected chi connectivity index (χ1v) is 10.2. The van der Waals surface area contributed by atoms with Crippen LogP contribution in [0.3, 0.4) is 0 Å². The van der Waals surface area contributed by atoms with E-state index in [0.29, 0.717) is 16.6 Å². The maximum absolute atomic E-state index is 12.3. The van der Waals surface area contributed by atoms with Gasteiger partial charge in [0.15, 0.2) is 12.4 Å². The Kier molecular flexibility index (Phi) is 9.39. The fourth-order valence-corrected chi connectivity index (χ4v) is 3.53. The maximum atomic E-state index is 12.3. The minimum Gasteiger partial charge on any atom is -0.479 e. The second-order valence-electron chi connectivity index (χ2n) is 6.19. The Morgan fingerprint density at radius 2 is 2.00 bits per heavy atom. The molecule has 0 saturated heterocycles. The summed E-state index contributed by atoms with van der Waals surface area (Å²) < 4.78 is 10.3. The van der Waals surface area contributed by atoms with Gasteiger partial charge in [-0.1, -0.05) is 41.9 Å². The number of aryl methyl sites for hydroxylation is 1. The molecule has 1 amide bonds. The minimum absolute atomic E-state index is 0.0408. The Bertz CT molecular complexity index is 948. The van der Waals surface area contributed by atoms with Gasteiger partial charge in [0, 0.05) is 6.54 Å². The molecule has 0 aliphatic heterocycles. The van der Waals surface area contributed by atoms with Crippen LogP contribution >= 0.6 is 27.5 Å². The molecule has 0 bridgehead atoms. The molecule has 0 aliphatic rings. The lowest BCUT2D eigenvalue weighted by Crippen LogP contribution is -2.25. The summed E-state index contributed by atoms with van der Waals surface area (Å²) in [7, 11) is 1.26. The lowest BCUT2D eigenvalue weighted by Gasteiger charge is -2.10. The van der Waals surface area contributed by atoms with E-state index in [2.05, 4.69) is 26.0 Å². The van der Waals surface area contributed by atoms with Gasteiger partial charge in [0.2, 0.25) is 0 Å². The number of hydrogen-bond donors (Lipinski definition) is 1. The molecule has 0 unspecified atom stereocenters. The van der Waals surface area contributed by atoms with Crippen LogP contribution in [0.15, 0.2) is 52.5 Å². The summed E-state index contributed by atoms with van der Waals surface area (Å²) in [4.78, 5) is 23.5. The molecular weight excluding hydrogens is 472 g/mol. The molecule has 0 spiro atoms. The first-order valence-electron chi connectivity index (χ1n) is 9.07. The standard InChI is InChI=1S/C22H20BrClN2O4/c1-29-20(27)14-30-21-18(23)11-16(12-19(21)24)10-17(13-25)22(28)26-9-5-8-15-6-3-2-4-7-15/h2-4,6-7,10-12H,5,8-9,14H2,1H3,(H,26,28)/b17-10-. The summed E-state index contributed by atoms with van der Waals surface area (Å²) in [5.74, 6) is -0.732. The average Bonchev–Trinajstić information content (AvgIpc) is 2.74. The predicted octanol–water partition coefficient (Wildman–Crippen LogP) is 4.31. The molecular formula is C22H20BrClN2O4. The third kappa shape index (κ3) is 7.21. The van der Waals surface area contributed by atoms with Gasteiger partial charge in [-0.15, -0.1) is 0 Å². The lowest BCUT2D eigenvalue weighted by atomic mass is 10.1. The quantitative estimate of drug-likeness (QED) is 0.244. The smallest absolute Gasteiger partial charge is 0.343 e. The van der Waals surface area contributed by atoms with Gasteiger partial charge < -0.3 is 14.8 Å². The molecule has 156 valence electrons. The van der Waals surface area contributed by atoms with Gasteiger partial charge in [-0.2, -0.15) is 5.26 Å². The van der Waals surface area contributed by atoms with E-state index in [1.807, 2.05) is 36.4 Å². The van der Waals surface area contributed by atoms with Gasteiger partial charge in [0.05, 0.1) is 16.6 Å². The Hall–Kier alpha value is -2.82. The number of nitrogens with one attached hydrogen (secondary N) is 1. The van der Waals surface area contributed by atoms with Gasteiger partial charge in [-0.05, 0) is 58.1 Å². The summed E-state index contributed by atoms with van der Waals surface area (Å²) in [5, 5.41) is 12.3. The number of methoxy groups -OCH3 is 1. The van der Waals surface area contributed by atoms with Crippen LogP contribution in [0.2, 0.25) is 5.02 Å². The molecule has 2 rings (SSSR count). The van der Waals surface area contributed by atoms with Crippen LogP contribution in [0, 0.1) is 11.3 Å². The number of nitriles is 1. The molecule has 6 nitrogen and oxygen atoms in total. The van der Waals surface area contributed by atoms with Crippen LogP contribution in [-0.2, 0) is 20.7 Å². The third-order valence-corrected chi connectivity index (χ3v) is 4.90. The molecule has 0 aliphatic carbocycles. The van der Waals surface area contributed by atoms with E-state index in [-0.39, 0.29) is 23.0 Å². The number of hydrogen-bond acceptors (Lipinski definition) is 5. The Morgan fingerprint density at radius 3 is 2.63 bits per heavy atom. The number of nitrogens with zero attached hydrogens (tertiary/aromatic N) is 1. The summed E-state index contributed by atoms with van der Waals surface area (Å²) in [6.07, 6.45) is 3.04. The molecule has 8 heteroatoms. The number of benzene rings is 2. The zero-order chi connectivity index (χ0) is 21.9.